The van der Waals surface area contributed by atoms with Crippen LogP contribution in [0.4, 0.5) is 5.69 Å². The minimum absolute atomic E-state index is 0.0194. The fraction of sp³-hybridized carbons (Fsp3) is 0.444. The molecule has 128 valence electrons. The summed E-state index contributed by atoms with van der Waals surface area (Å²) in [6.45, 7) is 2.51. The molecule has 0 aliphatic heterocycles. The van der Waals surface area contributed by atoms with E-state index in [0.717, 1.165) is 23.1 Å². The molecule has 2 aromatic rings. The second-order valence-electron chi connectivity index (χ2n) is 6.35. The van der Waals surface area contributed by atoms with Crippen molar-refractivity contribution in [2.45, 2.75) is 45.1 Å². The number of amides is 1. The van der Waals surface area contributed by atoms with Crippen LogP contribution in [0.5, 0.6) is 0 Å². The molecule has 1 unspecified atom stereocenters. The topological polar surface area (TPSA) is 89.8 Å². The number of nitrogens with one attached hydrogen (secondary N) is 4. The van der Waals surface area contributed by atoms with Crippen LogP contribution in [0.2, 0.25) is 0 Å². The fourth-order valence-corrected chi connectivity index (χ4v) is 3.07. The van der Waals surface area contributed by atoms with Gasteiger partial charge < -0.3 is 20.6 Å². The van der Waals surface area contributed by atoms with Gasteiger partial charge in [0.1, 0.15) is 6.04 Å². The number of benzene rings is 1. The van der Waals surface area contributed by atoms with Crippen LogP contribution >= 0.6 is 0 Å². The quantitative estimate of drug-likeness (QED) is 0.615. The van der Waals surface area contributed by atoms with Gasteiger partial charge in [-0.05, 0) is 57.2 Å². The molecule has 3 rings (SSSR count). The molecule has 0 saturated heterocycles. The molecular formula is C18H24N4O2. The van der Waals surface area contributed by atoms with Crippen molar-refractivity contribution in [3.05, 3.63) is 40.3 Å². The second kappa shape index (κ2) is 7.38. The van der Waals surface area contributed by atoms with Crippen molar-refractivity contribution < 1.29 is 4.79 Å². The van der Waals surface area contributed by atoms with Crippen LogP contribution in [0.3, 0.4) is 0 Å². The van der Waals surface area contributed by atoms with E-state index in [-0.39, 0.29) is 17.6 Å². The van der Waals surface area contributed by atoms with Crippen molar-refractivity contribution in [1.82, 2.24) is 15.3 Å². The lowest BCUT2D eigenvalue weighted by molar-refractivity contribution is -0.121. The van der Waals surface area contributed by atoms with Crippen molar-refractivity contribution in [3.8, 4) is 0 Å². The van der Waals surface area contributed by atoms with Crippen molar-refractivity contribution in [2.24, 2.45) is 0 Å². The Morgan fingerprint density at radius 2 is 2.08 bits per heavy atom. The number of aromatic nitrogens is 2. The number of aromatic amines is 2. The van der Waals surface area contributed by atoms with Gasteiger partial charge in [0.25, 0.3) is 0 Å². The van der Waals surface area contributed by atoms with Gasteiger partial charge in [0, 0.05) is 12.2 Å². The molecule has 24 heavy (non-hydrogen) atoms. The second-order valence-corrected chi connectivity index (χ2v) is 6.35. The average molecular weight is 328 g/mol. The Kier molecular flexibility index (Phi) is 5.03. The Balaban J connectivity index is 1.51. The van der Waals surface area contributed by atoms with E-state index in [9.17, 15) is 9.59 Å². The van der Waals surface area contributed by atoms with E-state index < -0.39 is 0 Å². The van der Waals surface area contributed by atoms with Gasteiger partial charge in [-0.1, -0.05) is 11.6 Å². The molecule has 1 aromatic heterocycles. The Bertz CT molecular complexity index is 803. The van der Waals surface area contributed by atoms with Crippen LogP contribution < -0.4 is 16.3 Å². The SMILES string of the molecule is CC(Nc1ccc2[nH]c(=O)[nH]c2c1)C(=O)NCCC1=CCCCC1. The van der Waals surface area contributed by atoms with E-state index in [1.54, 1.807) is 0 Å². The van der Waals surface area contributed by atoms with Gasteiger partial charge in [-0.15, -0.1) is 0 Å². The number of carbonyl (C=O) groups excluding carboxylic acids is 1. The summed E-state index contributed by atoms with van der Waals surface area (Å²) in [5, 5.41) is 6.15. The molecule has 0 bridgehead atoms. The van der Waals surface area contributed by atoms with E-state index in [4.69, 9.17) is 0 Å². The lowest BCUT2D eigenvalue weighted by atomic mass is 9.97. The van der Waals surface area contributed by atoms with Crippen molar-refractivity contribution in [2.75, 3.05) is 11.9 Å². The first kappa shape index (κ1) is 16.4. The number of carbonyl (C=O) groups is 1. The van der Waals surface area contributed by atoms with Gasteiger partial charge in [0.05, 0.1) is 11.0 Å². The number of imidazole rings is 1. The van der Waals surface area contributed by atoms with Crippen molar-refractivity contribution in [3.63, 3.8) is 0 Å². The zero-order valence-corrected chi connectivity index (χ0v) is 13.9. The van der Waals surface area contributed by atoms with Crippen LogP contribution in [-0.4, -0.2) is 28.5 Å². The third kappa shape index (κ3) is 4.07. The molecule has 1 atom stereocenters. The zero-order chi connectivity index (χ0) is 16.9. The highest BCUT2D eigenvalue weighted by atomic mass is 16.2. The first-order chi connectivity index (χ1) is 11.6. The summed E-state index contributed by atoms with van der Waals surface area (Å²) in [4.78, 5) is 28.9. The summed E-state index contributed by atoms with van der Waals surface area (Å²) in [7, 11) is 0. The molecule has 0 radical (unpaired) electrons. The minimum atomic E-state index is -0.339. The highest BCUT2D eigenvalue weighted by Gasteiger charge is 2.13. The summed E-state index contributed by atoms with van der Waals surface area (Å²) in [5.41, 5.74) is 3.51. The number of fused-ring (bicyclic) bond motifs is 1. The van der Waals surface area contributed by atoms with Gasteiger partial charge in [-0.25, -0.2) is 4.79 Å². The van der Waals surface area contributed by atoms with Gasteiger partial charge in [0.15, 0.2) is 0 Å². The van der Waals surface area contributed by atoms with E-state index in [1.807, 2.05) is 25.1 Å². The summed E-state index contributed by atoms with van der Waals surface area (Å²) < 4.78 is 0. The molecule has 1 aromatic carbocycles. The van der Waals surface area contributed by atoms with Crippen LogP contribution in [0, 0.1) is 0 Å². The third-order valence-electron chi connectivity index (χ3n) is 4.42. The highest BCUT2D eigenvalue weighted by molar-refractivity contribution is 5.85. The molecule has 6 heteroatoms. The monoisotopic (exact) mass is 328 g/mol. The number of hydrogen-bond donors (Lipinski definition) is 4. The largest absolute Gasteiger partial charge is 0.374 e. The summed E-state index contributed by atoms with van der Waals surface area (Å²) in [6, 6.07) is 5.15. The van der Waals surface area contributed by atoms with Crippen LogP contribution in [0.1, 0.15) is 39.0 Å². The van der Waals surface area contributed by atoms with Crippen molar-refractivity contribution in [1.29, 1.82) is 0 Å². The average Bonchev–Trinajstić information content (AvgIpc) is 2.95. The molecule has 0 fully saturated rings. The zero-order valence-electron chi connectivity index (χ0n) is 13.9. The molecular weight excluding hydrogens is 304 g/mol. The number of H-pyrrole nitrogens is 2. The first-order valence-electron chi connectivity index (χ1n) is 8.56. The number of hydrogen-bond acceptors (Lipinski definition) is 3. The normalized spacial score (nSPS) is 15.8. The standard InChI is InChI=1S/C18H24N4O2/c1-12(17(23)19-10-9-13-5-3-2-4-6-13)20-14-7-8-15-16(11-14)22-18(24)21-15/h5,7-8,11-12,20H,2-4,6,9-10H2,1H3,(H,19,23)(H2,21,22,24). The minimum Gasteiger partial charge on any atom is -0.374 e. The summed E-state index contributed by atoms with van der Waals surface area (Å²) in [6.07, 6.45) is 8.14. The Morgan fingerprint density at radius 3 is 2.88 bits per heavy atom. The van der Waals surface area contributed by atoms with E-state index in [2.05, 4.69) is 26.7 Å². The molecule has 6 nitrogen and oxygen atoms in total. The first-order valence-corrected chi connectivity index (χ1v) is 8.56. The Labute approximate surface area is 140 Å². The number of rotatable bonds is 6. The molecule has 4 N–H and O–H groups in total. The van der Waals surface area contributed by atoms with Gasteiger partial charge in [-0.3, -0.25) is 4.79 Å². The maximum Gasteiger partial charge on any atom is 0.323 e. The molecule has 0 saturated carbocycles. The van der Waals surface area contributed by atoms with Crippen LogP contribution in [0.15, 0.2) is 34.6 Å². The maximum absolute atomic E-state index is 12.2. The maximum atomic E-state index is 12.2. The predicted molar refractivity (Wildman–Crippen MR) is 96.2 cm³/mol. The van der Waals surface area contributed by atoms with Crippen LogP contribution in [0.25, 0.3) is 11.0 Å². The van der Waals surface area contributed by atoms with Gasteiger partial charge in [-0.2, -0.15) is 0 Å². The number of anilines is 1. The lowest BCUT2D eigenvalue weighted by Gasteiger charge is -2.17. The van der Waals surface area contributed by atoms with E-state index in [1.165, 1.54) is 31.3 Å². The molecule has 1 aliphatic rings. The molecule has 1 amide bonds. The molecule has 0 spiro atoms. The predicted octanol–water partition coefficient (Wildman–Crippen LogP) is 2.66. The third-order valence-corrected chi connectivity index (χ3v) is 4.42. The Morgan fingerprint density at radius 1 is 1.25 bits per heavy atom. The molecule has 1 aliphatic carbocycles. The summed E-state index contributed by atoms with van der Waals surface area (Å²) >= 11 is 0. The van der Waals surface area contributed by atoms with Crippen molar-refractivity contribution >= 4 is 22.6 Å². The van der Waals surface area contributed by atoms with Crippen LogP contribution in [-0.2, 0) is 4.79 Å². The summed E-state index contributed by atoms with van der Waals surface area (Å²) in [5.74, 6) is -0.0194. The van der Waals surface area contributed by atoms with E-state index >= 15 is 0 Å². The van der Waals surface area contributed by atoms with Gasteiger partial charge in [0.2, 0.25) is 5.91 Å². The van der Waals surface area contributed by atoms with Gasteiger partial charge >= 0.3 is 5.69 Å². The number of allylic oxidation sites excluding steroid dienone is 1. The smallest absolute Gasteiger partial charge is 0.323 e. The highest BCUT2D eigenvalue weighted by Crippen LogP contribution is 2.19. The Hall–Kier alpha value is -2.50. The fourth-order valence-electron chi connectivity index (χ4n) is 3.07. The lowest BCUT2D eigenvalue weighted by Crippen LogP contribution is -2.38. The molecule has 1 heterocycles. The van der Waals surface area contributed by atoms with E-state index in [0.29, 0.717) is 6.54 Å².